The Hall–Kier alpha value is -2.37. The van der Waals surface area contributed by atoms with Gasteiger partial charge in [-0.1, -0.05) is 231 Å². The van der Waals surface area contributed by atoms with Crippen molar-refractivity contribution in [1.29, 1.82) is 0 Å². The van der Waals surface area contributed by atoms with E-state index in [0.29, 0.717) is 19.3 Å². The Bertz CT molecular complexity index is 1060. The van der Waals surface area contributed by atoms with E-state index >= 15 is 0 Å². The van der Waals surface area contributed by atoms with E-state index in [1.165, 1.54) is 161 Å². The van der Waals surface area contributed by atoms with Crippen LogP contribution in [0.25, 0.3) is 0 Å². The predicted molar refractivity (Wildman–Crippen MR) is 270 cm³/mol. The highest BCUT2D eigenvalue weighted by atomic mass is 16.6. The molecule has 0 aliphatic carbocycles. The molecule has 0 aromatic carbocycles. The molecule has 0 amide bonds. The summed E-state index contributed by atoms with van der Waals surface area (Å²) < 4.78 is 16.7. The van der Waals surface area contributed by atoms with Gasteiger partial charge in [-0.3, -0.25) is 14.4 Å². The molecule has 0 aliphatic heterocycles. The fraction of sp³-hybridized carbons (Fsp3) is 0.842. The first-order valence-corrected chi connectivity index (χ1v) is 27.5. The molecule has 0 saturated heterocycles. The molecule has 0 aliphatic rings. The molecule has 368 valence electrons. The van der Waals surface area contributed by atoms with Gasteiger partial charge >= 0.3 is 17.9 Å². The minimum Gasteiger partial charge on any atom is -0.462 e. The summed E-state index contributed by atoms with van der Waals surface area (Å²) in [5.74, 6) is -0.894. The number of hydrogen-bond donors (Lipinski definition) is 0. The zero-order valence-corrected chi connectivity index (χ0v) is 42.1. The van der Waals surface area contributed by atoms with E-state index in [9.17, 15) is 14.4 Å². The Labute approximate surface area is 391 Å². The molecule has 63 heavy (non-hydrogen) atoms. The summed E-state index contributed by atoms with van der Waals surface area (Å²) in [7, 11) is 0. The lowest BCUT2D eigenvalue weighted by Gasteiger charge is -2.18. The summed E-state index contributed by atoms with van der Waals surface area (Å²) in [6, 6.07) is 0. The minimum atomic E-state index is -0.773. The van der Waals surface area contributed by atoms with Crippen molar-refractivity contribution >= 4 is 17.9 Å². The third-order valence-electron chi connectivity index (χ3n) is 12.1. The van der Waals surface area contributed by atoms with Gasteiger partial charge in [-0.2, -0.15) is 0 Å². The molecule has 0 aromatic heterocycles. The van der Waals surface area contributed by atoms with Gasteiger partial charge in [0.1, 0.15) is 13.2 Å². The number of carbonyl (C=O) groups excluding carboxylic acids is 3. The minimum absolute atomic E-state index is 0.0761. The molecular weight excluding hydrogens is 781 g/mol. The standard InChI is InChI=1S/C57H104O6/c1-4-7-10-13-15-17-19-21-23-24-25-26-27-28-29-30-31-32-34-35-37-39-41-44-47-50-56(59)62-53-54(52-61-55(58)49-46-43-12-9-6-3)63-57(60)51-48-45-42-40-38-36-33-22-20-18-16-14-11-8-5-2/h16,18,22,24-25,33,54H,4-15,17,19-21,23,26-32,34-53H2,1-3H3/b18-16-,25-24-,33-22-. The lowest BCUT2D eigenvalue weighted by Crippen LogP contribution is -2.30. The number of esters is 3. The second-order valence-electron chi connectivity index (χ2n) is 18.5. The van der Waals surface area contributed by atoms with Gasteiger partial charge in [0.25, 0.3) is 0 Å². The average Bonchev–Trinajstić information content (AvgIpc) is 3.28. The second-order valence-corrected chi connectivity index (χ2v) is 18.5. The first kappa shape index (κ1) is 60.6. The smallest absolute Gasteiger partial charge is 0.306 e. The van der Waals surface area contributed by atoms with E-state index in [2.05, 4.69) is 57.2 Å². The fourth-order valence-electron chi connectivity index (χ4n) is 7.94. The summed E-state index contributed by atoms with van der Waals surface area (Å²) in [6.07, 6.45) is 61.8. The topological polar surface area (TPSA) is 78.9 Å². The van der Waals surface area contributed by atoms with Gasteiger partial charge in [-0.05, 0) is 77.0 Å². The molecule has 0 bridgehead atoms. The fourth-order valence-corrected chi connectivity index (χ4v) is 7.94. The van der Waals surface area contributed by atoms with E-state index < -0.39 is 6.10 Å². The van der Waals surface area contributed by atoms with Crippen molar-refractivity contribution in [2.75, 3.05) is 13.2 Å². The van der Waals surface area contributed by atoms with Gasteiger partial charge in [0, 0.05) is 19.3 Å². The molecular formula is C57H104O6. The van der Waals surface area contributed by atoms with Crippen LogP contribution in [-0.4, -0.2) is 37.2 Å². The van der Waals surface area contributed by atoms with Crippen LogP contribution in [0.15, 0.2) is 36.5 Å². The van der Waals surface area contributed by atoms with Crippen molar-refractivity contribution in [3.63, 3.8) is 0 Å². The van der Waals surface area contributed by atoms with Crippen molar-refractivity contribution in [3.8, 4) is 0 Å². The van der Waals surface area contributed by atoms with Gasteiger partial charge in [0.15, 0.2) is 6.10 Å². The first-order valence-electron chi connectivity index (χ1n) is 27.5. The lowest BCUT2D eigenvalue weighted by molar-refractivity contribution is -0.167. The molecule has 6 nitrogen and oxygen atoms in total. The second kappa shape index (κ2) is 52.3. The summed E-state index contributed by atoms with van der Waals surface area (Å²) in [6.45, 7) is 6.54. The number of rotatable bonds is 50. The van der Waals surface area contributed by atoms with Crippen molar-refractivity contribution in [3.05, 3.63) is 36.5 Å². The van der Waals surface area contributed by atoms with E-state index in [0.717, 1.165) is 89.9 Å². The van der Waals surface area contributed by atoms with E-state index in [1.54, 1.807) is 0 Å². The predicted octanol–water partition coefficient (Wildman–Crippen LogP) is 18.1. The molecule has 0 saturated carbocycles. The molecule has 0 aromatic rings. The Balaban J connectivity index is 4.05. The molecule has 0 rings (SSSR count). The normalized spacial score (nSPS) is 12.2. The van der Waals surface area contributed by atoms with Crippen molar-refractivity contribution in [2.45, 2.75) is 297 Å². The zero-order chi connectivity index (χ0) is 45.8. The number of allylic oxidation sites excluding steroid dienone is 6. The van der Waals surface area contributed by atoms with Gasteiger partial charge in [-0.25, -0.2) is 0 Å². The maximum atomic E-state index is 12.7. The van der Waals surface area contributed by atoms with Gasteiger partial charge in [0.2, 0.25) is 0 Å². The zero-order valence-electron chi connectivity index (χ0n) is 42.1. The summed E-state index contributed by atoms with van der Waals surface area (Å²) in [4.78, 5) is 37.7. The Morgan fingerprint density at radius 3 is 0.921 bits per heavy atom. The quantitative estimate of drug-likeness (QED) is 0.0262. The summed E-state index contributed by atoms with van der Waals surface area (Å²) in [5, 5.41) is 0. The van der Waals surface area contributed by atoms with Gasteiger partial charge < -0.3 is 14.2 Å². The average molecular weight is 885 g/mol. The Kier molecular flexibility index (Phi) is 50.3. The molecule has 1 unspecified atom stereocenters. The molecule has 0 N–H and O–H groups in total. The van der Waals surface area contributed by atoms with Crippen LogP contribution in [0, 0.1) is 0 Å². The van der Waals surface area contributed by atoms with Gasteiger partial charge in [-0.15, -0.1) is 0 Å². The molecule has 6 heteroatoms. The summed E-state index contributed by atoms with van der Waals surface area (Å²) >= 11 is 0. The molecule has 0 fully saturated rings. The van der Waals surface area contributed by atoms with Crippen LogP contribution in [0.2, 0.25) is 0 Å². The molecule has 0 spiro atoms. The molecule has 0 radical (unpaired) electrons. The third kappa shape index (κ3) is 50.5. The third-order valence-corrected chi connectivity index (χ3v) is 12.1. The number of carbonyl (C=O) groups is 3. The monoisotopic (exact) mass is 885 g/mol. The van der Waals surface area contributed by atoms with Gasteiger partial charge in [0.05, 0.1) is 0 Å². The number of hydrogen-bond acceptors (Lipinski definition) is 6. The number of ether oxygens (including phenoxy) is 3. The highest BCUT2D eigenvalue weighted by Crippen LogP contribution is 2.16. The lowest BCUT2D eigenvalue weighted by atomic mass is 10.0. The van der Waals surface area contributed by atoms with Crippen LogP contribution in [-0.2, 0) is 28.6 Å². The first-order chi connectivity index (χ1) is 31.0. The summed E-state index contributed by atoms with van der Waals surface area (Å²) in [5.41, 5.74) is 0. The highest BCUT2D eigenvalue weighted by molar-refractivity contribution is 5.71. The maximum absolute atomic E-state index is 12.7. The van der Waals surface area contributed by atoms with Crippen LogP contribution < -0.4 is 0 Å². The van der Waals surface area contributed by atoms with Crippen molar-refractivity contribution in [1.82, 2.24) is 0 Å². The maximum Gasteiger partial charge on any atom is 0.306 e. The van der Waals surface area contributed by atoms with Crippen LogP contribution in [0.3, 0.4) is 0 Å². The Morgan fingerprint density at radius 2 is 0.571 bits per heavy atom. The van der Waals surface area contributed by atoms with Crippen molar-refractivity contribution in [2.24, 2.45) is 0 Å². The molecule has 1 atom stereocenters. The SMILES string of the molecule is CCCCC/C=C\C/C=C\CCCCCCCC(=O)OC(COC(=O)CCCCCCC)COC(=O)CCCCCCCCCCCCCCC/C=C\CCCCCCCCCC. The van der Waals surface area contributed by atoms with E-state index in [1.807, 2.05) is 0 Å². The number of unbranched alkanes of at least 4 members (excludes halogenated alkanes) is 33. The van der Waals surface area contributed by atoms with E-state index in [-0.39, 0.29) is 31.1 Å². The van der Waals surface area contributed by atoms with Crippen LogP contribution >= 0.6 is 0 Å². The largest absolute Gasteiger partial charge is 0.462 e. The molecule has 0 heterocycles. The van der Waals surface area contributed by atoms with Crippen LogP contribution in [0.4, 0.5) is 0 Å². The van der Waals surface area contributed by atoms with Crippen molar-refractivity contribution < 1.29 is 28.6 Å². The Morgan fingerprint density at radius 1 is 0.317 bits per heavy atom. The van der Waals surface area contributed by atoms with Crippen LogP contribution in [0.5, 0.6) is 0 Å². The van der Waals surface area contributed by atoms with Crippen LogP contribution in [0.1, 0.15) is 290 Å². The van der Waals surface area contributed by atoms with E-state index in [4.69, 9.17) is 14.2 Å². The highest BCUT2D eigenvalue weighted by Gasteiger charge is 2.19.